The molecule has 0 bridgehead atoms. The van der Waals surface area contributed by atoms with Gasteiger partial charge < -0.3 is 15.4 Å². The molecule has 1 rings (SSSR count). The summed E-state index contributed by atoms with van der Waals surface area (Å²) in [5, 5.41) is 5.84. The first-order valence-electron chi connectivity index (χ1n) is 6.26. The molecule has 0 heterocycles. The monoisotopic (exact) mass is 298 g/mol. The van der Waals surface area contributed by atoms with Gasteiger partial charge in [0.05, 0.1) is 12.8 Å². The van der Waals surface area contributed by atoms with Crippen LogP contribution in [0.1, 0.15) is 20.8 Å². The predicted molar refractivity (Wildman–Crippen MR) is 79.1 cm³/mol. The summed E-state index contributed by atoms with van der Waals surface area (Å²) >= 11 is 5.91. The van der Waals surface area contributed by atoms with Crippen LogP contribution < -0.4 is 15.4 Å². The third kappa shape index (κ3) is 4.42. The first-order chi connectivity index (χ1) is 9.35. The normalized spacial score (nSPS) is 11.9. The van der Waals surface area contributed by atoms with Gasteiger partial charge in [0.25, 0.3) is 0 Å². The zero-order chi connectivity index (χ0) is 15.3. The third-order valence-electron chi connectivity index (χ3n) is 2.73. The number of amides is 2. The summed E-state index contributed by atoms with van der Waals surface area (Å²) in [5.41, 5.74) is 0.473. The van der Waals surface area contributed by atoms with Crippen LogP contribution >= 0.6 is 11.6 Å². The number of halogens is 1. The second kappa shape index (κ2) is 7.14. The molecule has 0 aliphatic carbocycles. The number of nitrogens with one attached hydrogen (secondary N) is 2. The Labute approximate surface area is 123 Å². The molecule has 2 amide bonds. The van der Waals surface area contributed by atoms with Crippen molar-refractivity contribution in [1.29, 1.82) is 0 Å². The lowest BCUT2D eigenvalue weighted by Gasteiger charge is -2.21. The van der Waals surface area contributed by atoms with E-state index < -0.39 is 6.04 Å². The molecule has 2 N–H and O–H groups in total. The number of hydrogen-bond donors (Lipinski definition) is 2. The quantitative estimate of drug-likeness (QED) is 0.877. The standard InChI is InChI=1S/C14H19ClN2O3/c1-8(2)13(16-9(3)18)14(19)17-11-7-10(15)5-6-12(11)20-4/h5-8,13H,1-4H3,(H,16,18)(H,17,19)/t13-/m0/s1. The van der Waals surface area contributed by atoms with E-state index in [0.717, 1.165) is 0 Å². The molecule has 5 nitrogen and oxygen atoms in total. The van der Waals surface area contributed by atoms with Crippen molar-refractivity contribution in [3.63, 3.8) is 0 Å². The van der Waals surface area contributed by atoms with Crippen molar-refractivity contribution in [2.75, 3.05) is 12.4 Å². The SMILES string of the molecule is COc1ccc(Cl)cc1NC(=O)[C@@H](NC(C)=O)C(C)C. The zero-order valence-electron chi connectivity index (χ0n) is 12.0. The molecule has 0 saturated carbocycles. The molecule has 1 aromatic rings. The molecule has 0 radical (unpaired) electrons. The van der Waals surface area contributed by atoms with Gasteiger partial charge in [0.2, 0.25) is 11.8 Å². The van der Waals surface area contributed by atoms with Crippen LogP contribution in [0.4, 0.5) is 5.69 Å². The Morgan fingerprint density at radius 2 is 1.95 bits per heavy atom. The number of ether oxygens (including phenoxy) is 1. The molecule has 6 heteroatoms. The van der Waals surface area contributed by atoms with Crippen molar-refractivity contribution in [2.24, 2.45) is 5.92 Å². The van der Waals surface area contributed by atoms with Crippen molar-refractivity contribution >= 4 is 29.1 Å². The van der Waals surface area contributed by atoms with Crippen LogP contribution in [-0.4, -0.2) is 25.0 Å². The summed E-state index contributed by atoms with van der Waals surface area (Å²) < 4.78 is 5.16. The van der Waals surface area contributed by atoms with E-state index in [1.807, 2.05) is 13.8 Å². The first-order valence-corrected chi connectivity index (χ1v) is 6.64. The molecule has 0 fully saturated rings. The van der Waals surface area contributed by atoms with Gasteiger partial charge in [-0.2, -0.15) is 0 Å². The van der Waals surface area contributed by atoms with Gasteiger partial charge in [0.1, 0.15) is 11.8 Å². The number of carbonyl (C=O) groups excluding carboxylic acids is 2. The van der Waals surface area contributed by atoms with E-state index in [9.17, 15) is 9.59 Å². The van der Waals surface area contributed by atoms with Crippen molar-refractivity contribution in [3.8, 4) is 5.75 Å². The van der Waals surface area contributed by atoms with Crippen LogP contribution in [0.2, 0.25) is 5.02 Å². The summed E-state index contributed by atoms with van der Waals surface area (Å²) in [6.45, 7) is 5.09. The van der Waals surface area contributed by atoms with Gasteiger partial charge in [-0.1, -0.05) is 25.4 Å². The molecule has 0 spiro atoms. The molecular formula is C14H19ClN2O3. The molecular weight excluding hydrogens is 280 g/mol. The summed E-state index contributed by atoms with van der Waals surface area (Å²) in [7, 11) is 1.51. The Kier molecular flexibility index (Phi) is 5.82. The topological polar surface area (TPSA) is 67.4 Å². The molecule has 1 atom stereocenters. The van der Waals surface area contributed by atoms with E-state index in [0.29, 0.717) is 16.5 Å². The van der Waals surface area contributed by atoms with Crippen molar-refractivity contribution in [2.45, 2.75) is 26.8 Å². The van der Waals surface area contributed by atoms with Crippen molar-refractivity contribution < 1.29 is 14.3 Å². The average molecular weight is 299 g/mol. The van der Waals surface area contributed by atoms with Gasteiger partial charge in [-0.25, -0.2) is 0 Å². The average Bonchev–Trinajstić information content (AvgIpc) is 2.35. The first kappa shape index (κ1) is 16.3. The molecule has 1 aromatic carbocycles. The minimum atomic E-state index is -0.615. The fourth-order valence-corrected chi connectivity index (χ4v) is 1.91. The maximum absolute atomic E-state index is 12.2. The molecule has 0 aliphatic heterocycles. The highest BCUT2D eigenvalue weighted by Gasteiger charge is 2.23. The largest absolute Gasteiger partial charge is 0.495 e. The number of hydrogen-bond acceptors (Lipinski definition) is 3. The third-order valence-corrected chi connectivity index (χ3v) is 2.96. The van der Waals surface area contributed by atoms with Gasteiger partial charge >= 0.3 is 0 Å². The highest BCUT2D eigenvalue weighted by atomic mass is 35.5. The number of anilines is 1. The van der Waals surface area contributed by atoms with Crippen LogP contribution in [0.3, 0.4) is 0 Å². The highest BCUT2D eigenvalue weighted by Crippen LogP contribution is 2.28. The minimum absolute atomic E-state index is 0.0379. The second-order valence-corrected chi connectivity index (χ2v) is 5.19. The Hall–Kier alpha value is -1.75. The summed E-state index contributed by atoms with van der Waals surface area (Å²) in [4.78, 5) is 23.4. The minimum Gasteiger partial charge on any atom is -0.495 e. The van der Waals surface area contributed by atoms with E-state index in [1.54, 1.807) is 18.2 Å². The Morgan fingerprint density at radius 3 is 2.45 bits per heavy atom. The summed E-state index contributed by atoms with van der Waals surface area (Å²) in [6, 6.07) is 4.32. The van der Waals surface area contributed by atoms with E-state index in [2.05, 4.69) is 10.6 Å². The number of carbonyl (C=O) groups is 2. The van der Waals surface area contributed by atoms with Crippen LogP contribution in [0.5, 0.6) is 5.75 Å². The van der Waals surface area contributed by atoms with Crippen molar-refractivity contribution in [3.05, 3.63) is 23.2 Å². The van der Waals surface area contributed by atoms with Crippen LogP contribution in [0.25, 0.3) is 0 Å². The van der Waals surface area contributed by atoms with Gasteiger partial charge in [0.15, 0.2) is 0 Å². The fraction of sp³-hybridized carbons (Fsp3) is 0.429. The highest BCUT2D eigenvalue weighted by molar-refractivity contribution is 6.31. The van der Waals surface area contributed by atoms with Crippen LogP contribution in [0, 0.1) is 5.92 Å². The molecule has 0 saturated heterocycles. The maximum atomic E-state index is 12.2. The van der Waals surface area contributed by atoms with E-state index in [1.165, 1.54) is 14.0 Å². The predicted octanol–water partition coefficient (Wildman–Crippen LogP) is 2.45. The maximum Gasteiger partial charge on any atom is 0.247 e. The summed E-state index contributed by atoms with van der Waals surface area (Å²) in [6.07, 6.45) is 0. The van der Waals surface area contributed by atoms with Gasteiger partial charge in [-0.05, 0) is 24.1 Å². The van der Waals surface area contributed by atoms with Crippen molar-refractivity contribution in [1.82, 2.24) is 5.32 Å². The van der Waals surface area contributed by atoms with E-state index in [4.69, 9.17) is 16.3 Å². The Bertz CT molecular complexity index is 503. The van der Waals surface area contributed by atoms with Gasteiger partial charge in [-0.3, -0.25) is 9.59 Å². The molecule has 0 unspecified atom stereocenters. The lowest BCUT2D eigenvalue weighted by molar-refractivity contribution is -0.126. The smallest absolute Gasteiger partial charge is 0.247 e. The van der Waals surface area contributed by atoms with Gasteiger partial charge in [-0.15, -0.1) is 0 Å². The number of benzene rings is 1. The fourth-order valence-electron chi connectivity index (χ4n) is 1.74. The van der Waals surface area contributed by atoms with E-state index >= 15 is 0 Å². The molecule has 110 valence electrons. The number of rotatable bonds is 5. The molecule has 20 heavy (non-hydrogen) atoms. The van der Waals surface area contributed by atoms with Crippen LogP contribution in [-0.2, 0) is 9.59 Å². The Morgan fingerprint density at radius 1 is 1.30 bits per heavy atom. The number of methoxy groups -OCH3 is 1. The molecule has 0 aromatic heterocycles. The van der Waals surface area contributed by atoms with Gasteiger partial charge in [0, 0.05) is 11.9 Å². The van der Waals surface area contributed by atoms with Crippen LogP contribution in [0.15, 0.2) is 18.2 Å². The Balaban J connectivity index is 2.93. The lowest BCUT2D eigenvalue weighted by atomic mass is 10.0. The second-order valence-electron chi connectivity index (χ2n) is 4.76. The lowest BCUT2D eigenvalue weighted by Crippen LogP contribution is -2.46. The summed E-state index contributed by atoms with van der Waals surface area (Å²) in [5.74, 6) is -0.0927. The zero-order valence-corrected chi connectivity index (χ0v) is 12.7. The molecule has 0 aliphatic rings. The van der Waals surface area contributed by atoms with E-state index in [-0.39, 0.29) is 17.7 Å².